The second-order valence-electron chi connectivity index (χ2n) is 7.10. The molecule has 0 unspecified atom stereocenters. The summed E-state index contributed by atoms with van der Waals surface area (Å²) in [5.41, 5.74) is 1.55. The number of nitrogens with zero attached hydrogens (tertiary/aromatic N) is 2. The average Bonchev–Trinajstić information content (AvgIpc) is 2.63. The highest BCUT2D eigenvalue weighted by molar-refractivity contribution is 5.80. The summed E-state index contributed by atoms with van der Waals surface area (Å²) in [4.78, 5) is 7.19. The molecule has 0 amide bonds. The number of guanidine groups is 1. The van der Waals surface area contributed by atoms with Gasteiger partial charge in [-0.2, -0.15) is 0 Å². The van der Waals surface area contributed by atoms with Crippen molar-refractivity contribution in [3.63, 3.8) is 0 Å². The second kappa shape index (κ2) is 10.5. The summed E-state index contributed by atoms with van der Waals surface area (Å²) >= 11 is 0. The van der Waals surface area contributed by atoms with Gasteiger partial charge in [0.15, 0.2) is 5.96 Å². The van der Waals surface area contributed by atoms with Crippen molar-refractivity contribution in [1.82, 2.24) is 15.5 Å². The van der Waals surface area contributed by atoms with Crippen LogP contribution < -0.4 is 10.6 Å². The number of piperidine rings is 1. The van der Waals surface area contributed by atoms with Crippen molar-refractivity contribution in [3.8, 4) is 0 Å². The van der Waals surface area contributed by atoms with Crippen LogP contribution in [-0.2, 0) is 17.9 Å². The van der Waals surface area contributed by atoms with E-state index in [9.17, 15) is 4.39 Å². The third-order valence-corrected chi connectivity index (χ3v) is 4.77. The lowest BCUT2D eigenvalue weighted by atomic mass is 10.0. The summed E-state index contributed by atoms with van der Waals surface area (Å²) in [6, 6.07) is 6.15. The largest absolute Gasteiger partial charge is 0.380 e. The van der Waals surface area contributed by atoms with Gasteiger partial charge in [-0.3, -0.25) is 0 Å². The van der Waals surface area contributed by atoms with Gasteiger partial charge < -0.3 is 20.3 Å². The Morgan fingerprint density at radius 3 is 2.69 bits per heavy atom. The molecule has 0 aromatic heterocycles. The maximum absolute atomic E-state index is 13.7. The van der Waals surface area contributed by atoms with E-state index in [1.807, 2.05) is 6.07 Å². The van der Waals surface area contributed by atoms with E-state index in [0.29, 0.717) is 24.2 Å². The minimum Gasteiger partial charge on any atom is -0.380 e. The third kappa shape index (κ3) is 6.25. The topological polar surface area (TPSA) is 48.9 Å². The molecular formula is C20H33FN4O. The summed E-state index contributed by atoms with van der Waals surface area (Å²) < 4.78 is 18.8. The minimum absolute atomic E-state index is 0.235. The van der Waals surface area contributed by atoms with Crippen molar-refractivity contribution in [3.05, 3.63) is 35.1 Å². The van der Waals surface area contributed by atoms with Crippen LogP contribution in [0.3, 0.4) is 0 Å². The van der Waals surface area contributed by atoms with Gasteiger partial charge in [-0.05, 0) is 51.3 Å². The summed E-state index contributed by atoms with van der Waals surface area (Å²) in [7, 11) is 1.57. The van der Waals surface area contributed by atoms with E-state index >= 15 is 0 Å². The first-order chi connectivity index (χ1) is 12.5. The van der Waals surface area contributed by atoms with Gasteiger partial charge in [0.25, 0.3) is 0 Å². The van der Waals surface area contributed by atoms with Crippen molar-refractivity contribution >= 4 is 5.96 Å². The molecule has 1 aliphatic rings. The summed E-state index contributed by atoms with van der Waals surface area (Å²) in [6.07, 6.45) is 2.24. The van der Waals surface area contributed by atoms with Gasteiger partial charge in [0.1, 0.15) is 5.82 Å². The van der Waals surface area contributed by atoms with Gasteiger partial charge >= 0.3 is 0 Å². The normalized spacial score (nSPS) is 16.9. The van der Waals surface area contributed by atoms with Crippen molar-refractivity contribution in [2.75, 3.05) is 26.7 Å². The molecule has 0 radical (unpaired) electrons. The molecular weight excluding hydrogens is 331 g/mol. The monoisotopic (exact) mass is 364 g/mol. The van der Waals surface area contributed by atoms with Gasteiger partial charge in [-0.25, -0.2) is 9.38 Å². The van der Waals surface area contributed by atoms with Gasteiger partial charge in [0, 0.05) is 44.4 Å². The summed E-state index contributed by atoms with van der Waals surface area (Å²) in [6.45, 7) is 10.4. The maximum atomic E-state index is 13.7. The maximum Gasteiger partial charge on any atom is 0.191 e. The molecule has 146 valence electrons. The van der Waals surface area contributed by atoms with Crippen LogP contribution in [0.1, 0.15) is 44.7 Å². The molecule has 1 fully saturated rings. The highest BCUT2D eigenvalue weighted by Gasteiger charge is 2.21. The highest BCUT2D eigenvalue weighted by atomic mass is 19.1. The first-order valence-electron chi connectivity index (χ1n) is 9.58. The minimum atomic E-state index is -0.235. The van der Waals surface area contributed by atoms with Crippen LogP contribution in [-0.4, -0.2) is 49.7 Å². The van der Waals surface area contributed by atoms with Crippen molar-refractivity contribution in [2.24, 2.45) is 4.99 Å². The molecule has 6 heteroatoms. The fourth-order valence-corrected chi connectivity index (χ4v) is 3.24. The highest BCUT2D eigenvalue weighted by Crippen LogP contribution is 2.14. The molecule has 0 saturated carbocycles. The number of benzene rings is 1. The summed E-state index contributed by atoms with van der Waals surface area (Å²) in [5, 5.41) is 6.86. The smallest absolute Gasteiger partial charge is 0.191 e. The van der Waals surface area contributed by atoms with Gasteiger partial charge in [0.2, 0.25) is 0 Å². The molecule has 0 bridgehead atoms. The quantitative estimate of drug-likeness (QED) is 0.577. The third-order valence-electron chi connectivity index (χ3n) is 4.77. The molecule has 26 heavy (non-hydrogen) atoms. The fraction of sp³-hybridized carbons (Fsp3) is 0.650. The number of rotatable bonds is 7. The van der Waals surface area contributed by atoms with E-state index < -0.39 is 0 Å². The van der Waals surface area contributed by atoms with Crippen LogP contribution in [0.2, 0.25) is 0 Å². The number of hydrogen-bond donors (Lipinski definition) is 2. The predicted molar refractivity (Wildman–Crippen MR) is 105 cm³/mol. The van der Waals surface area contributed by atoms with Gasteiger partial charge in [-0.15, -0.1) is 0 Å². The van der Waals surface area contributed by atoms with E-state index in [1.54, 1.807) is 13.2 Å². The number of likely N-dealkylation sites (tertiary alicyclic amines) is 1. The van der Waals surface area contributed by atoms with E-state index in [1.165, 1.54) is 6.07 Å². The zero-order valence-corrected chi connectivity index (χ0v) is 16.5. The number of halogens is 1. The fourth-order valence-electron chi connectivity index (χ4n) is 3.24. The Labute approximate surface area is 157 Å². The Morgan fingerprint density at radius 2 is 2.08 bits per heavy atom. The molecule has 0 aliphatic carbocycles. The van der Waals surface area contributed by atoms with E-state index in [2.05, 4.69) is 41.3 Å². The van der Waals surface area contributed by atoms with Gasteiger partial charge in [0.05, 0.1) is 13.2 Å². The molecule has 0 spiro atoms. The number of aliphatic imine (C=N–C) groups is 1. The molecule has 1 aromatic rings. The predicted octanol–water partition coefficient (Wildman–Crippen LogP) is 2.90. The first kappa shape index (κ1) is 20.6. The molecule has 0 atom stereocenters. The molecule has 1 aliphatic heterocycles. The second-order valence-corrected chi connectivity index (χ2v) is 7.10. The average molecular weight is 365 g/mol. The van der Waals surface area contributed by atoms with E-state index in [0.717, 1.165) is 44.0 Å². The number of ether oxygens (including phenoxy) is 1. The number of hydrogen-bond acceptors (Lipinski definition) is 3. The standard InChI is InChI=1S/C20H33FN4O/c1-5-22-20(24-18-8-10-25(11-9-18)15(2)3)23-13-16-6-7-19(21)17(12-16)14-26-4/h6-7,12,15,18H,5,8-11,13-14H2,1-4H3,(H2,22,23,24). The Bertz CT molecular complexity index is 583. The lowest BCUT2D eigenvalue weighted by Gasteiger charge is -2.35. The Kier molecular flexibility index (Phi) is 8.32. The molecule has 1 saturated heterocycles. The van der Waals surface area contributed by atoms with Crippen LogP contribution >= 0.6 is 0 Å². The van der Waals surface area contributed by atoms with E-state index in [4.69, 9.17) is 4.74 Å². The van der Waals surface area contributed by atoms with Crippen molar-refractivity contribution in [2.45, 2.75) is 58.8 Å². The molecule has 2 N–H and O–H groups in total. The number of methoxy groups -OCH3 is 1. The molecule has 5 nitrogen and oxygen atoms in total. The SMILES string of the molecule is CCNC(=NCc1ccc(F)c(COC)c1)NC1CCN(C(C)C)CC1. The lowest BCUT2D eigenvalue weighted by molar-refractivity contribution is 0.167. The van der Waals surface area contributed by atoms with Crippen LogP contribution in [0.15, 0.2) is 23.2 Å². The number of nitrogens with one attached hydrogen (secondary N) is 2. The van der Waals surface area contributed by atoms with E-state index in [-0.39, 0.29) is 12.4 Å². The van der Waals surface area contributed by atoms with Crippen molar-refractivity contribution in [1.29, 1.82) is 0 Å². The molecule has 1 aromatic carbocycles. The molecule has 2 rings (SSSR count). The van der Waals surface area contributed by atoms with Crippen LogP contribution in [0.4, 0.5) is 4.39 Å². The molecule has 1 heterocycles. The lowest BCUT2D eigenvalue weighted by Crippen LogP contribution is -2.49. The van der Waals surface area contributed by atoms with Crippen LogP contribution in [0, 0.1) is 5.82 Å². The first-order valence-corrected chi connectivity index (χ1v) is 9.58. The van der Waals surface area contributed by atoms with Crippen LogP contribution in [0.25, 0.3) is 0 Å². The van der Waals surface area contributed by atoms with Crippen LogP contribution in [0.5, 0.6) is 0 Å². The van der Waals surface area contributed by atoms with Gasteiger partial charge in [-0.1, -0.05) is 6.07 Å². The Balaban J connectivity index is 1.95. The van der Waals surface area contributed by atoms with Crippen molar-refractivity contribution < 1.29 is 9.13 Å². The zero-order valence-electron chi connectivity index (χ0n) is 16.5. The Morgan fingerprint density at radius 1 is 1.35 bits per heavy atom. The summed E-state index contributed by atoms with van der Waals surface area (Å²) in [5.74, 6) is 0.592. The zero-order chi connectivity index (χ0) is 18.9. The Hall–Kier alpha value is -1.66.